The summed E-state index contributed by atoms with van der Waals surface area (Å²) in [7, 11) is 1.81. The van der Waals surface area contributed by atoms with Crippen molar-refractivity contribution in [1.82, 2.24) is 10.2 Å². The SMILES string of the molecule is CCNC(C)CC(=O)N(C)CCOc1ccc(Br)cc1. The topological polar surface area (TPSA) is 41.6 Å². The van der Waals surface area contributed by atoms with Gasteiger partial charge in [-0.25, -0.2) is 0 Å². The van der Waals surface area contributed by atoms with Gasteiger partial charge in [0, 0.05) is 24.0 Å². The number of likely N-dealkylation sites (N-methyl/N-ethyl adjacent to an activating group) is 1. The first-order valence-electron chi connectivity index (χ1n) is 6.88. The predicted octanol–water partition coefficient (Wildman–Crippen LogP) is 2.67. The molecule has 1 rings (SSSR count). The molecule has 1 aromatic carbocycles. The number of carbonyl (C=O) groups excluding carboxylic acids is 1. The Morgan fingerprint density at radius 2 is 2.05 bits per heavy atom. The highest BCUT2D eigenvalue weighted by Crippen LogP contribution is 2.15. The molecule has 0 fully saturated rings. The standard InChI is InChI=1S/C15H23BrN2O2/c1-4-17-12(2)11-15(19)18(3)9-10-20-14-7-5-13(16)6-8-14/h5-8,12,17H,4,9-11H2,1-3H3. The Kier molecular flexibility index (Phi) is 7.62. The van der Waals surface area contributed by atoms with Crippen molar-refractivity contribution in [3.05, 3.63) is 28.7 Å². The van der Waals surface area contributed by atoms with Gasteiger partial charge in [-0.15, -0.1) is 0 Å². The van der Waals surface area contributed by atoms with Crippen molar-refractivity contribution in [3.63, 3.8) is 0 Å². The number of amides is 1. The van der Waals surface area contributed by atoms with Crippen LogP contribution in [0.5, 0.6) is 5.75 Å². The fourth-order valence-electron chi connectivity index (χ4n) is 1.79. The van der Waals surface area contributed by atoms with Gasteiger partial charge in [-0.3, -0.25) is 4.79 Å². The second-order valence-corrected chi connectivity index (χ2v) is 5.70. The molecule has 0 aliphatic heterocycles. The lowest BCUT2D eigenvalue weighted by atomic mass is 10.2. The summed E-state index contributed by atoms with van der Waals surface area (Å²) in [5.41, 5.74) is 0. The molecule has 0 spiro atoms. The number of benzene rings is 1. The van der Waals surface area contributed by atoms with Crippen molar-refractivity contribution in [2.75, 3.05) is 26.7 Å². The molecule has 1 atom stereocenters. The highest BCUT2D eigenvalue weighted by atomic mass is 79.9. The van der Waals surface area contributed by atoms with Crippen LogP contribution in [0.3, 0.4) is 0 Å². The molecule has 0 radical (unpaired) electrons. The first kappa shape index (κ1) is 17.0. The third-order valence-corrected chi connectivity index (χ3v) is 3.50. The van der Waals surface area contributed by atoms with E-state index in [2.05, 4.69) is 21.2 Å². The van der Waals surface area contributed by atoms with Crippen LogP contribution >= 0.6 is 15.9 Å². The van der Waals surface area contributed by atoms with E-state index in [-0.39, 0.29) is 11.9 Å². The second kappa shape index (κ2) is 8.97. The van der Waals surface area contributed by atoms with Gasteiger partial charge in [-0.1, -0.05) is 22.9 Å². The lowest BCUT2D eigenvalue weighted by molar-refractivity contribution is -0.130. The van der Waals surface area contributed by atoms with Crippen LogP contribution in [0.15, 0.2) is 28.7 Å². The van der Waals surface area contributed by atoms with Gasteiger partial charge in [0.1, 0.15) is 12.4 Å². The number of hydrogen-bond acceptors (Lipinski definition) is 3. The zero-order chi connectivity index (χ0) is 15.0. The third-order valence-electron chi connectivity index (χ3n) is 2.97. The van der Waals surface area contributed by atoms with Crippen LogP contribution in [0.1, 0.15) is 20.3 Å². The molecule has 0 saturated heterocycles. The van der Waals surface area contributed by atoms with Gasteiger partial charge in [-0.2, -0.15) is 0 Å². The quantitative estimate of drug-likeness (QED) is 0.789. The van der Waals surface area contributed by atoms with Crippen LogP contribution in [0.2, 0.25) is 0 Å². The summed E-state index contributed by atoms with van der Waals surface area (Å²) < 4.78 is 6.63. The molecular weight excluding hydrogens is 320 g/mol. The average molecular weight is 343 g/mol. The van der Waals surface area contributed by atoms with Gasteiger partial charge in [0.15, 0.2) is 0 Å². The van der Waals surface area contributed by atoms with E-state index >= 15 is 0 Å². The van der Waals surface area contributed by atoms with E-state index in [0.29, 0.717) is 19.6 Å². The largest absolute Gasteiger partial charge is 0.492 e. The molecule has 5 heteroatoms. The first-order chi connectivity index (χ1) is 9.52. The second-order valence-electron chi connectivity index (χ2n) is 4.78. The van der Waals surface area contributed by atoms with Crippen LogP contribution < -0.4 is 10.1 Å². The van der Waals surface area contributed by atoms with E-state index in [1.54, 1.807) is 4.90 Å². The van der Waals surface area contributed by atoms with E-state index in [9.17, 15) is 4.79 Å². The van der Waals surface area contributed by atoms with E-state index < -0.39 is 0 Å². The maximum atomic E-state index is 11.9. The van der Waals surface area contributed by atoms with E-state index in [0.717, 1.165) is 16.8 Å². The molecule has 0 heterocycles. The number of halogens is 1. The molecule has 4 nitrogen and oxygen atoms in total. The molecule has 0 bridgehead atoms. The smallest absolute Gasteiger partial charge is 0.223 e. The highest BCUT2D eigenvalue weighted by molar-refractivity contribution is 9.10. The van der Waals surface area contributed by atoms with Crippen LogP contribution in [-0.2, 0) is 4.79 Å². The Bertz CT molecular complexity index is 409. The Hall–Kier alpha value is -1.07. The van der Waals surface area contributed by atoms with Crippen molar-refractivity contribution in [2.24, 2.45) is 0 Å². The maximum Gasteiger partial charge on any atom is 0.223 e. The zero-order valence-corrected chi connectivity index (χ0v) is 13.9. The highest BCUT2D eigenvalue weighted by Gasteiger charge is 2.12. The number of carbonyl (C=O) groups is 1. The van der Waals surface area contributed by atoms with Gasteiger partial charge < -0.3 is 15.0 Å². The third kappa shape index (κ3) is 6.39. The molecule has 1 unspecified atom stereocenters. The van der Waals surface area contributed by atoms with Crippen molar-refractivity contribution in [2.45, 2.75) is 26.3 Å². The zero-order valence-electron chi connectivity index (χ0n) is 12.4. The lowest BCUT2D eigenvalue weighted by Crippen LogP contribution is -2.36. The van der Waals surface area contributed by atoms with Crippen molar-refractivity contribution in [1.29, 1.82) is 0 Å². The Morgan fingerprint density at radius 1 is 1.40 bits per heavy atom. The maximum absolute atomic E-state index is 11.9. The summed E-state index contributed by atoms with van der Waals surface area (Å²) in [4.78, 5) is 13.7. The number of nitrogens with zero attached hydrogens (tertiary/aromatic N) is 1. The summed E-state index contributed by atoms with van der Waals surface area (Å²) >= 11 is 3.38. The average Bonchev–Trinajstić information content (AvgIpc) is 2.41. The van der Waals surface area contributed by atoms with E-state index in [1.807, 2.05) is 45.2 Å². The monoisotopic (exact) mass is 342 g/mol. The number of nitrogens with one attached hydrogen (secondary N) is 1. The Morgan fingerprint density at radius 3 is 2.65 bits per heavy atom. The van der Waals surface area contributed by atoms with Crippen molar-refractivity contribution < 1.29 is 9.53 Å². The van der Waals surface area contributed by atoms with Crippen LogP contribution in [0.4, 0.5) is 0 Å². The van der Waals surface area contributed by atoms with Gasteiger partial charge >= 0.3 is 0 Å². The van der Waals surface area contributed by atoms with E-state index in [1.165, 1.54) is 0 Å². The van der Waals surface area contributed by atoms with Crippen LogP contribution in [-0.4, -0.2) is 43.6 Å². The fraction of sp³-hybridized carbons (Fsp3) is 0.533. The van der Waals surface area contributed by atoms with Crippen molar-refractivity contribution in [3.8, 4) is 5.75 Å². The minimum atomic E-state index is 0.137. The number of ether oxygens (including phenoxy) is 1. The molecular formula is C15H23BrN2O2. The first-order valence-corrected chi connectivity index (χ1v) is 7.68. The number of hydrogen-bond donors (Lipinski definition) is 1. The molecule has 20 heavy (non-hydrogen) atoms. The molecule has 0 aliphatic rings. The normalized spacial score (nSPS) is 12.0. The summed E-state index contributed by atoms with van der Waals surface area (Å²) in [6.07, 6.45) is 0.516. The summed E-state index contributed by atoms with van der Waals surface area (Å²) in [5, 5.41) is 3.24. The van der Waals surface area contributed by atoms with Crippen LogP contribution in [0.25, 0.3) is 0 Å². The minimum absolute atomic E-state index is 0.137. The minimum Gasteiger partial charge on any atom is -0.492 e. The molecule has 1 N–H and O–H groups in total. The molecule has 0 saturated carbocycles. The molecule has 1 aromatic rings. The van der Waals surface area contributed by atoms with Gasteiger partial charge in [-0.05, 0) is 37.7 Å². The van der Waals surface area contributed by atoms with Crippen molar-refractivity contribution >= 4 is 21.8 Å². The lowest BCUT2D eigenvalue weighted by Gasteiger charge is -2.20. The van der Waals surface area contributed by atoms with Gasteiger partial charge in [0.05, 0.1) is 6.54 Å². The summed E-state index contributed by atoms with van der Waals surface area (Å²) in [5.74, 6) is 0.952. The van der Waals surface area contributed by atoms with E-state index in [4.69, 9.17) is 4.74 Å². The molecule has 0 aromatic heterocycles. The predicted molar refractivity (Wildman–Crippen MR) is 85.0 cm³/mol. The van der Waals surface area contributed by atoms with Crippen LogP contribution in [0, 0.1) is 0 Å². The molecule has 112 valence electrons. The molecule has 0 aliphatic carbocycles. The fourth-order valence-corrected chi connectivity index (χ4v) is 2.06. The summed E-state index contributed by atoms with van der Waals surface area (Å²) in [6, 6.07) is 7.88. The number of rotatable bonds is 8. The molecule has 1 amide bonds. The van der Waals surface area contributed by atoms with Gasteiger partial charge in [0.2, 0.25) is 5.91 Å². The van der Waals surface area contributed by atoms with Gasteiger partial charge in [0.25, 0.3) is 0 Å². The summed E-state index contributed by atoms with van der Waals surface area (Å²) in [6.45, 7) is 6.03. The Balaban J connectivity index is 2.26. The Labute approximate surface area is 129 Å².